The molecule has 0 aromatic heterocycles. The van der Waals surface area contributed by atoms with E-state index in [1.54, 1.807) is 0 Å². The van der Waals surface area contributed by atoms with E-state index in [2.05, 4.69) is 15.9 Å². The molecule has 0 heterocycles. The lowest BCUT2D eigenvalue weighted by Gasteiger charge is -2.07. The second-order valence-electron chi connectivity index (χ2n) is 4.19. The van der Waals surface area contributed by atoms with Crippen molar-refractivity contribution in [3.63, 3.8) is 0 Å². The van der Waals surface area contributed by atoms with Gasteiger partial charge in [-0.25, -0.2) is 13.6 Å². The van der Waals surface area contributed by atoms with Gasteiger partial charge in [-0.3, -0.25) is 0 Å². The summed E-state index contributed by atoms with van der Waals surface area (Å²) in [5, 5.41) is 4.91. The number of halogens is 1. The molecule has 0 spiro atoms. The number of rotatable bonds is 7. The number of ether oxygens (including phenoxy) is 1. The lowest BCUT2D eigenvalue weighted by Crippen LogP contribution is -2.16. The Balaban J connectivity index is 2.20. The number of unbranched alkanes of at least 4 members (excludes halogenated alkanes) is 2. The van der Waals surface area contributed by atoms with Gasteiger partial charge >= 0.3 is 0 Å². The smallest absolute Gasteiger partial charge is 0.209 e. The molecule has 0 saturated heterocycles. The maximum absolute atomic E-state index is 10.7. The van der Waals surface area contributed by atoms with E-state index in [0.29, 0.717) is 13.0 Å². The normalized spacial score (nSPS) is 11.5. The van der Waals surface area contributed by atoms with Crippen LogP contribution < -0.4 is 9.88 Å². The summed E-state index contributed by atoms with van der Waals surface area (Å²) in [6, 6.07) is 5.82. The average molecular weight is 336 g/mol. The molecule has 0 bridgehead atoms. The number of hydrogen-bond donors (Lipinski definition) is 1. The summed E-state index contributed by atoms with van der Waals surface area (Å²) in [6.45, 7) is 2.59. The van der Waals surface area contributed by atoms with E-state index in [-0.39, 0.29) is 5.75 Å². The van der Waals surface area contributed by atoms with Gasteiger partial charge < -0.3 is 4.74 Å². The fourth-order valence-electron chi connectivity index (χ4n) is 1.48. The number of primary sulfonamides is 1. The van der Waals surface area contributed by atoms with Gasteiger partial charge in [0.05, 0.1) is 12.4 Å². The van der Waals surface area contributed by atoms with Crippen LogP contribution in [-0.4, -0.2) is 20.8 Å². The van der Waals surface area contributed by atoms with Crippen LogP contribution in [0.15, 0.2) is 22.7 Å². The summed E-state index contributed by atoms with van der Waals surface area (Å²) in [5.74, 6) is 0.881. The van der Waals surface area contributed by atoms with Gasteiger partial charge in [-0.05, 0) is 49.9 Å². The molecule has 0 amide bonds. The maximum Gasteiger partial charge on any atom is 0.209 e. The van der Waals surface area contributed by atoms with Crippen molar-refractivity contribution in [2.75, 3.05) is 12.4 Å². The first-order chi connectivity index (χ1) is 8.38. The molecule has 4 nitrogen and oxygen atoms in total. The second kappa shape index (κ2) is 7.11. The topological polar surface area (TPSA) is 69.4 Å². The largest absolute Gasteiger partial charge is 0.494 e. The van der Waals surface area contributed by atoms with Crippen molar-refractivity contribution in [2.24, 2.45) is 5.14 Å². The molecule has 1 aromatic carbocycles. The Bertz CT molecular complexity index is 488. The van der Waals surface area contributed by atoms with Crippen LogP contribution in [0, 0.1) is 6.92 Å². The van der Waals surface area contributed by atoms with E-state index in [1.165, 1.54) is 0 Å². The molecule has 0 aliphatic carbocycles. The van der Waals surface area contributed by atoms with Gasteiger partial charge in [0.1, 0.15) is 5.75 Å². The van der Waals surface area contributed by atoms with Crippen LogP contribution in [0.3, 0.4) is 0 Å². The van der Waals surface area contributed by atoms with E-state index >= 15 is 0 Å². The molecule has 0 saturated carbocycles. The molecule has 1 aromatic rings. The third-order valence-corrected chi connectivity index (χ3v) is 4.22. The standard InChI is InChI=1S/C12H18BrNO3S/c1-10-9-11(5-6-12(10)13)17-7-3-2-4-8-18(14,15)16/h5-6,9H,2-4,7-8H2,1H3,(H2,14,15,16). The molecule has 0 aliphatic heterocycles. The van der Waals surface area contributed by atoms with Crippen LogP contribution in [0.2, 0.25) is 0 Å². The van der Waals surface area contributed by atoms with Gasteiger partial charge in [-0.1, -0.05) is 15.9 Å². The number of aryl methyl sites for hydroxylation is 1. The number of benzene rings is 1. The molecular formula is C12H18BrNO3S. The lowest BCUT2D eigenvalue weighted by atomic mass is 10.2. The Hall–Kier alpha value is -0.590. The third-order valence-electron chi connectivity index (χ3n) is 2.47. The predicted molar refractivity (Wildman–Crippen MR) is 76.2 cm³/mol. The molecule has 0 unspecified atom stereocenters. The average Bonchev–Trinajstić information content (AvgIpc) is 2.26. The summed E-state index contributed by atoms with van der Waals surface area (Å²) in [4.78, 5) is 0. The zero-order valence-electron chi connectivity index (χ0n) is 10.4. The Morgan fingerprint density at radius 2 is 2.00 bits per heavy atom. The zero-order valence-corrected chi connectivity index (χ0v) is 12.8. The number of nitrogens with two attached hydrogens (primary N) is 1. The third kappa shape index (κ3) is 6.37. The highest BCUT2D eigenvalue weighted by molar-refractivity contribution is 9.10. The molecule has 6 heteroatoms. The van der Waals surface area contributed by atoms with Crippen LogP contribution in [0.25, 0.3) is 0 Å². The monoisotopic (exact) mass is 335 g/mol. The first-order valence-corrected chi connectivity index (χ1v) is 8.29. The minimum atomic E-state index is -3.32. The summed E-state index contributed by atoms with van der Waals surface area (Å²) >= 11 is 3.43. The van der Waals surface area contributed by atoms with Crippen molar-refractivity contribution in [3.05, 3.63) is 28.2 Å². The van der Waals surface area contributed by atoms with Gasteiger partial charge in [0.2, 0.25) is 10.0 Å². The Morgan fingerprint density at radius 1 is 1.28 bits per heavy atom. The van der Waals surface area contributed by atoms with Gasteiger partial charge in [0.15, 0.2) is 0 Å². The highest BCUT2D eigenvalue weighted by Crippen LogP contribution is 2.21. The van der Waals surface area contributed by atoms with Gasteiger partial charge in [-0.2, -0.15) is 0 Å². The van der Waals surface area contributed by atoms with Gasteiger partial charge in [-0.15, -0.1) is 0 Å². The maximum atomic E-state index is 10.7. The molecular weight excluding hydrogens is 318 g/mol. The quantitative estimate of drug-likeness (QED) is 0.778. The van der Waals surface area contributed by atoms with Crippen molar-refractivity contribution in [1.82, 2.24) is 0 Å². The van der Waals surface area contributed by atoms with E-state index in [9.17, 15) is 8.42 Å². The van der Waals surface area contributed by atoms with Gasteiger partial charge in [0.25, 0.3) is 0 Å². The molecule has 0 atom stereocenters. The van der Waals surface area contributed by atoms with Crippen LogP contribution in [0.4, 0.5) is 0 Å². The predicted octanol–water partition coefficient (Wildman–Crippen LogP) is 2.60. The highest BCUT2D eigenvalue weighted by atomic mass is 79.9. The first kappa shape index (κ1) is 15.5. The van der Waals surface area contributed by atoms with Crippen LogP contribution in [-0.2, 0) is 10.0 Å². The molecule has 0 fully saturated rings. The van der Waals surface area contributed by atoms with Crippen molar-refractivity contribution in [2.45, 2.75) is 26.2 Å². The number of hydrogen-bond acceptors (Lipinski definition) is 3. The van der Waals surface area contributed by atoms with Crippen molar-refractivity contribution in [1.29, 1.82) is 0 Å². The lowest BCUT2D eigenvalue weighted by molar-refractivity contribution is 0.306. The fraction of sp³-hybridized carbons (Fsp3) is 0.500. The minimum Gasteiger partial charge on any atom is -0.494 e. The van der Waals surface area contributed by atoms with E-state index in [0.717, 1.165) is 28.6 Å². The van der Waals surface area contributed by atoms with Crippen molar-refractivity contribution < 1.29 is 13.2 Å². The second-order valence-corrected chi connectivity index (χ2v) is 6.78. The van der Waals surface area contributed by atoms with E-state index < -0.39 is 10.0 Å². The molecule has 2 N–H and O–H groups in total. The van der Waals surface area contributed by atoms with E-state index in [1.807, 2.05) is 25.1 Å². The SMILES string of the molecule is Cc1cc(OCCCCCS(N)(=O)=O)ccc1Br. The van der Waals surface area contributed by atoms with E-state index in [4.69, 9.17) is 9.88 Å². The molecule has 1 rings (SSSR count). The Kier molecular flexibility index (Phi) is 6.11. The molecule has 0 radical (unpaired) electrons. The Morgan fingerprint density at radius 3 is 2.61 bits per heavy atom. The zero-order chi connectivity index (χ0) is 13.6. The summed E-state index contributed by atoms with van der Waals surface area (Å²) < 4.78 is 28.0. The van der Waals surface area contributed by atoms with Crippen LogP contribution >= 0.6 is 15.9 Å². The van der Waals surface area contributed by atoms with Gasteiger partial charge in [0, 0.05) is 4.47 Å². The molecule has 102 valence electrons. The van der Waals surface area contributed by atoms with Crippen LogP contribution in [0.1, 0.15) is 24.8 Å². The first-order valence-electron chi connectivity index (χ1n) is 5.78. The number of sulfonamides is 1. The molecule has 18 heavy (non-hydrogen) atoms. The summed E-state index contributed by atoms with van der Waals surface area (Å²) in [7, 11) is -3.32. The molecule has 0 aliphatic rings. The Labute approximate surface area is 117 Å². The van der Waals surface area contributed by atoms with Crippen LogP contribution in [0.5, 0.6) is 5.75 Å². The highest BCUT2D eigenvalue weighted by Gasteiger charge is 2.02. The summed E-state index contributed by atoms with van der Waals surface area (Å²) in [6.07, 6.45) is 2.21. The minimum absolute atomic E-state index is 0.0460. The fourth-order valence-corrected chi connectivity index (χ4v) is 2.33. The van der Waals surface area contributed by atoms with Crippen molar-refractivity contribution in [3.8, 4) is 5.75 Å². The van der Waals surface area contributed by atoms with Crippen molar-refractivity contribution >= 4 is 26.0 Å². The summed E-state index contributed by atoms with van der Waals surface area (Å²) in [5.41, 5.74) is 1.13.